The third-order valence-electron chi connectivity index (χ3n) is 3.79. The van der Waals surface area contributed by atoms with Crippen molar-refractivity contribution in [3.63, 3.8) is 0 Å². The highest BCUT2D eigenvalue weighted by Gasteiger charge is 2.13. The smallest absolute Gasteiger partial charge is 0.179 e. The Morgan fingerprint density at radius 3 is 2.09 bits per heavy atom. The number of hydrogen-bond acceptors (Lipinski definition) is 3. The molecule has 0 aliphatic heterocycles. The largest absolute Gasteiger partial charge is 0.312 e. The van der Waals surface area contributed by atoms with Gasteiger partial charge in [-0.15, -0.1) is 12.4 Å². The Bertz CT molecular complexity index is 720. The summed E-state index contributed by atoms with van der Waals surface area (Å²) in [6.45, 7) is 7.42. The predicted molar refractivity (Wildman–Crippen MR) is 98.1 cm³/mol. The number of aryl methyl sites for hydroxylation is 3. The van der Waals surface area contributed by atoms with E-state index in [9.17, 15) is 8.42 Å². The van der Waals surface area contributed by atoms with Crippen LogP contribution < -0.4 is 5.32 Å². The van der Waals surface area contributed by atoms with Gasteiger partial charge < -0.3 is 5.32 Å². The maximum atomic E-state index is 12.2. The second-order valence-corrected chi connectivity index (χ2v) is 7.80. The number of halogens is 1. The lowest BCUT2D eigenvalue weighted by atomic mass is 10.00. The van der Waals surface area contributed by atoms with Crippen LogP contribution in [0, 0.1) is 20.8 Å². The van der Waals surface area contributed by atoms with Gasteiger partial charge in [0.15, 0.2) is 9.84 Å². The highest BCUT2D eigenvalue weighted by atomic mass is 35.5. The van der Waals surface area contributed by atoms with Crippen molar-refractivity contribution in [3.8, 4) is 0 Å². The lowest BCUT2D eigenvalue weighted by molar-refractivity contribution is 0.590. The first-order valence-corrected chi connectivity index (χ1v) is 9.10. The van der Waals surface area contributed by atoms with Crippen LogP contribution >= 0.6 is 12.4 Å². The number of nitrogens with one attached hydrogen (secondary N) is 1. The fourth-order valence-corrected chi connectivity index (χ4v) is 3.87. The summed E-state index contributed by atoms with van der Waals surface area (Å²) in [6.07, 6.45) is 0. The molecule has 0 bridgehead atoms. The van der Waals surface area contributed by atoms with Crippen molar-refractivity contribution < 1.29 is 8.42 Å². The van der Waals surface area contributed by atoms with Crippen LogP contribution in [0.4, 0.5) is 0 Å². The fraction of sp³-hybridized carbons (Fsp3) is 0.333. The highest BCUT2D eigenvalue weighted by Crippen LogP contribution is 2.16. The van der Waals surface area contributed by atoms with Gasteiger partial charge in [-0.05, 0) is 49.6 Å². The first-order chi connectivity index (χ1) is 10.4. The van der Waals surface area contributed by atoms with Gasteiger partial charge in [-0.1, -0.05) is 35.9 Å². The third kappa shape index (κ3) is 5.34. The molecule has 0 amide bonds. The van der Waals surface area contributed by atoms with E-state index in [1.807, 2.05) is 6.07 Å². The summed E-state index contributed by atoms with van der Waals surface area (Å²) >= 11 is 0. The average Bonchev–Trinajstić information content (AvgIpc) is 2.46. The first-order valence-electron chi connectivity index (χ1n) is 7.45. The zero-order chi connectivity index (χ0) is 16.2. The van der Waals surface area contributed by atoms with Gasteiger partial charge in [0, 0.05) is 13.1 Å². The SMILES string of the molecule is Cc1cc(C)c(CNCCS(=O)(=O)c2ccccc2)c(C)c1.Cl. The topological polar surface area (TPSA) is 46.2 Å². The standard InChI is InChI=1S/C18H23NO2S.ClH/c1-14-11-15(2)18(16(3)12-14)13-19-9-10-22(20,21)17-7-5-4-6-8-17;/h4-8,11-12,19H,9-10,13H2,1-3H3;1H. The van der Waals surface area contributed by atoms with Gasteiger partial charge >= 0.3 is 0 Å². The van der Waals surface area contributed by atoms with Gasteiger partial charge in [0.2, 0.25) is 0 Å². The van der Waals surface area contributed by atoms with Crippen LogP contribution in [0.2, 0.25) is 0 Å². The van der Waals surface area contributed by atoms with Gasteiger partial charge in [-0.3, -0.25) is 0 Å². The summed E-state index contributed by atoms with van der Waals surface area (Å²) in [7, 11) is -3.20. The molecular weight excluding hydrogens is 330 g/mol. The molecule has 1 N–H and O–H groups in total. The molecule has 0 aliphatic rings. The molecular formula is C18H24ClNO2S. The summed E-state index contributed by atoms with van der Waals surface area (Å²) in [5.74, 6) is 0.112. The van der Waals surface area contributed by atoms with Crippen LogP contribution in [0.3, 0.4) is 0 Å². The van der Waals surface area contributed by atoms with Crippen molar-refractivity contribution in [2.75, 3.05) is 12.3 Å². The van der Waals surface area contributed by atoms with Gasteiger partial charge in [0.05, 0.1) is 10.6 Å². The molecule has 0 saturated heterocycles. The fourth-order valence-electron chi connectivity index (χ4n) is 2.65. The summed E-state index contributed by atoms with van der Waals surface area (Å²) in [6, 6.07) is 12.9. The van der Waals surface area contributed by atoms with Crippen LogP contribution in [0.5, 0.6) is 0 Å². The van der Waals surface area contributed by atoms with Crippen LogP contribution in [0.25, 0.3) is 0 Å². The van der Waals surface area contributed by atoms with E-state index in [-0.39, 0.29) is 18.2 Å². The normalized spacial score (nSPS) is 11.1. The van der Waals surface area contributed by atoms with E-state index < -0.39 is 9.84 Å². The maximum absolute atomic E-state index is 12.2. The minimum Gasteiger partial charge on any atom is -0.312 e. The molecule has 0 spiro atoms. The van der Waals surface area contributed by atoms with E-state index in [0.29, 0.717) is 18.0 Å². The van der Waals surface area contributed by atoms with E-state index in [1.165, 1.54) is 22.3 Å². The Hall–Kier alpha value is -1.36. The van der Waals surface area contributed by atoms with Crippen LogP contribution in [0.15, 0.2) is 47.4 Å². The monoisotopic (exact) mass is 353 g/mol. The van der Waals surface area contributed by atoms with Crippen molar-refractivity contribution in [2.45, 2.75) is 32.2 Å². The number of hydrogen-bond donors (Lipinski definition) is 1. The molecule has 0 fully saturated rings. The average molecular weight is 354 g/mol. The molecule has 0 aliphatic carbocycles. The number of benzene rings is 2. The van der Waals surface area contributed by atoms with E-state index in [0.717, 1.165) is 0 Å². The molecule has 0 radical (unpaired) electrons. The van der Waals surface area contributed by atoms with Gasteiger partial charge in [0.1, 0.15) is 0 Å². The van der Waals surface area contributed by atoms with E-state index >= 15 is 0 Å². The molecule has 126 valence electrons. The molecule has 2 aromatic rings. The van der Waals surface area contributed by atoms with E-state index in [2.05, 4.69) is 38.2 Å². The van der Waals surface area contributed by atoms with Crippen LogP contribution in [-0.2, 0) is 16.4 Å². The zero-order valence-electron chi connectivity index (χ0n) is 13.8. The Balaban J connectivity index is 0.00000264. The second-order valence-electron chi connectivity index (χ2n) is 5.69. The molecule has 0 aromatic heterocycles. The lowest BCUT2D eigenvalue weighted by Crippen LogP contribution is -2.23. The quantitative estimate of drug-likeness (QED) is 0.807. The molecule has 0 atom stereocenters. The minimum absolute atomic E-state index is 0. The highest BCUT2D eigenvalue weighted by molar-refractivity contribution is 7.91. The predicted octanol–water partition coefficient (Wildman–Crippen LogP) is 3.60. The van der Waals surface area contributed by atoms with Crippen LogP contribution in [-0.4, -0.2) is 20.7 Å². The maximum Gasteiger partial charge on any atom is 0.179 e. The third-order valence-corrected chi connectivity index (χ3v) is 5.52. The minimum atomic E-state index is -3.20. The molecule has 23 heavy (non-hydrogen) atoms. The van der Waals surface area contributed by atoms with Gasteiger partial charge in [0.25, 0.3) is 0 Å². The van der Waals surface area contributed by atoms with Crippen molar-refractivity contribution >= 4 is 22.2 Å². The number of rotatable bonds is 6. The van der Waals surface area contributed by atoms with Crippen molar-refractivity contribution in [2.24, 2.45) is 0 Å². The van der Waals surface area contributed by atoms with Crippen LogP contribution in [0.1, 0.15) is 22.3 Å². The van der Waals surface area contributed by atoms with Crippen molar-refractivity contribution in [3.05, 3.63) is 64.7 Å². The first kappa shape index (κ1) is 19.7. The molecule has 0 saturated carbocycles. The summed E-state index contributed by atoms with van der Waals surface area (Å²) in [5.41, 5.74) is 5.00. The molecule has 0 unspecified atom stereocenters. The summed E-state index contributed by atoms with van der Waals surface area (Å²) < 4.78 is 24.4. The lowest BCUT2D eigenvalue weighted by Gasteiger charge is -2.12. The second kappa shape index (κ2) is 8.48. The van der Waals surface area contributed by atoms with Crippen molar-refractivity contribution in [1.82, 2.24) is 5.32 Å². The molecule has 0 heterocycles. The summed E-state index contributed by atoms with van der Waals surface area (Å²) in [5, 5.41) is 3.25. The van der Waals surface area contributed by atoms with Gasteiger partial charge in [-0.25, -0.2) is 8.42 Å². The molecule has 3 nitrogen and oxygen atoms in total. The summed E-state index contributed by atoms with van der Waals surface area (Å²) in [4.78, 5) is 0.388. The molecule has 2 aromatic carbocycles. The Labute approximate surface area is 145 Å². The zero-order valence-corrected chi connectivity index (χ0v) is 15.4. The van der Waals surface area contributed by atoms with E-state index in [4.69, 9.17) is 0 Å². The Morgan fingerprint density at radius 1 is 0.957 bits per heavy atom. The Morgan fingerprint density at radius 2 is 1.52 bits per heavy atom. The number of sulfone groups is 1. The molecule has 2 rings (SSSR count). The van der Waals surface area contributed by atoms with Gasteiger partial charge in [-0.2, -0.15) is 0 Å². The Kier molecular flexibility index (Phi) is 7.26. The molecule has 5 heteroatoms. The van der Waals surface area contributed by atoms with E-state index in [1.54, 1.807) is 24.3 Å². The van der Waals surface area contributed by atoms with Crippen molar-refractivity contribution in [1.29, 1.82) is 0 Å².